The lowest BCUT2D eigenvalue weighted by Crippen LogP contribution is -2.51. The molecule has 0 aliphatic carbocycles. The summed E-state index contributed by atoms with van der Waals surface area (Å²) in [5.41, 5.74) is 0.189. The second-order valence-electron chi connectivity index (χ2n) is 3.76. The third-order valence-electron chi connectivity index (χ3n) is 2.50. The molecule has 0 atom stereocenters. The van der Waals surface area contributed by atoms with Gasteiger partial charge in [0.15, 0.2) is 0 Å². The Hall–Kier alpha value is -1.98. The van der Waals surface area contributed by atoms with Crippen molar-refractivity contribution in [2.24, 2.45) is 0 Å². The first-order chi connectivity index (χ1) is 8.06. The van der Waals surface area contributed by atoms with E-state index in [4.69, 9.17) is 0 Å². The van der Waals surface area contributed by atoms with E-state index in [-0.39, 0.29) is 37.0 Å². The van der Waals surface area contributed by atoms with Crippen molar-refractivity contribution in [2.45, 2.75) is 6.54 Å². The second kappa shape index (κ2) is 4.48. The predicted octanol–water partition coefficient (Wildman–Crippen LogP) is 0.423. The van der Waals surface area contributed by atoms with Gasteiger partial charge in [-0.05, 0) is 6.07 Å². The number of carbonyl (C=O) groups is 2. The van der Waals surface area contributed by atoms with Crippen LogP contribution in [0.1, 0.15) is 5.56 Å². The number of hydrogen-bond acceptors (Lipinski definition) is 2. The first kappa shape index (κ1) is 11.5. The van der Waals surface area contributed by atoms with Gasteiger partial charge < -0.3 is 10.2 Å². The Morgan fingerprint density at radius 1 is 1.29 bits per heavy atom. The number of amides is 2. The first-order valence-corrected chi connectivity index (χ1v) is 5.04. The fourth-order valence-corrected chi connectivity index (χ4v) is 1.60. The predicted molar refractivity (Wildman–Crippen MR) is 54.8 cm³/mol. The van der Waals surface area contributed by atoms with E-state index in [1.54, 1.807) is 0 Å². The van der Waals surface area contributed by atoms with E-state index in [1.165, 1.54) is 11.0 Å². The molecule has 4 nitrogen and oxygen atoms in total. The summed E-state index contributed by atoms with van der Waals surface area (Å²) in [6.45, 7) is -0.213. The third-order valence-corrected chi connectivity index (χ3v) is 2.50. The highest BCUT2D eigenvalue weighted by Gasteiger charge is 2.23. The Bertz CT molecular complexity index is 477. The molecule has 0 aromatic heterocycles. The lowest BCUT2D eigenvalue weighted by Gasteiger charge is -2.26. The Morgan fingerprint density at radius 3 is 2.76 bits per heavy atom. The molecule has 0 bridgehead atoms. The Kier molecular flexibility index (Phi) is 3.03. The molecule has 1 N–H and O–H groups in total. The van der Waals surface area contributed by atoms with Gasteiger partial charge >= 0.3 is 0 Å². The van der Waals surface area contributed by atoms with Crippen LogP contribution in [0.5, 0.6) is 0 Å². The molecule has 1 fully saturated rings. The van der Waals surface area contributed by atoms with Gasteiger partial charge in [-0.1, -0.05) is 6.07 Å². The molecule has 1 saturated heterocycles. The van der Waals surface area contributed by atoms with Crippen molar-refractivity contribution in [1.82, 2.24) is 10.2 Å². The minimum Gasteiger partial charge on any atom is -0.345 e. The minimum atomic E-state index is -0.719. The van der Waals surface area contributed by atoms with E-state index >= 15 is 0 Å². The number of hydrogen-bond donors (Lipinski definition) is 1. The van der Waals surface area contributed by atoms with E-state index < -0.39 is 11.6 Å². The molecule has 0 unspecified atom stereocenters. The highest BCUT2D eigenvalue weighted by Crippen LogP contribution is 2.13. The third kappa shape index (κ3) is 2.58. The molecule has 0 radical (unpaired) electrons. The van der Waals surface area contributed by atoms with Gasteiger partial charge in [0.05, 0.1) is 13.1 Å². The number of halogens is 2. The molecular weight excluding hydrogens is 230 g/mol. The lowest BCUT2D eigenvalue weighted by atomic mass is 10.2. The van der Waals surface area contributed by atoms with Gasteiger partial charge in [0, 0.05) is 18.2 Å². The van der Waals surface area contributed by atoms with Crippen LogP contribution in [0.4, 0.5) is 8.78 Å². The molecule has 1 aromatic carbocycles. The van der Waals surface area contributed by atoms with Crippen LogP contribution in [0.25, 0.3) is 0 Å². The van der Waals surface area contributed by atoms with Crippen molar-refractivity contribution in [1.29, 1.82) is 0 Å². The molecule has 6 heteroatoms. The van der Waals surface area contributed by atoms with Crippen LogP contribution < -0.4 is 5.32 Å². The Morgan fingerprint density at radius 2 is 2.06 bits per heavy atom. The maximum absolute atomic E-state index is 13.4. The number of benzene rings is 1. The maximum atomic E-state index is 13.4. The molecule has 1 aliphatic heterocycles. The zero-order valence-corrected chi connectivity index (χ0v) is 8.87. The van der Waals surface area contributed by atoms with Crippen LogP contribution in [0.3, 0.4) is 0 Å². The number of nitrogens with zero attached hydrogens (tertiary/aromatic N) is 1. The molecule has 1 aromatic rings. The van der Waals surface area contributed by atoms with Gasteiger partial charge in [-0.25, -0.2) is 8.78 Å². The fourth-order valence-electron chi connectivity index (χ4n) is 1.60. The topological polar surface area (TPSA) is 49.4 Å². The van der Waals surface area contributed by atoms with Gasteiger partial charge in [-0.2, -0.15) is 0 Å². The van der Waals surface area contributed by atoms with E-state index in [9.17, 15) is 18.4 Å². The average molecular weight is 240 g/mol. The molecule has 0 spiro atoms. The molecular formula is C11H10F2N2O2. The van der Waals surface area contributed by atoms with E-state index in [0.717, 1.165) is 12.1 Å². The van der Waals surface area contributed by atoms with Gasteiger partial charge in [-0.3, -0.25) is 9.59 Å². The van der Waals surface area contributed by atoms with E-state index in [0.29, 0.717) is 0 Å². The molecule has 2 amide bonds. The van der Waals surface area contributed by atoms with Gasteiger partial charge in [-0.15, -0.1) is 0 Å². The number of rotatable bonds is 2. The van der Waals surface area contributed by atoms with Crippen LogP contribution in [-0.2, 0) is 16.1 Å². The highest BCUT2D eigenvalue weighted by atomic mass is 19.1. The van der Waals surface area contributed by atoms with Crippen molar-refractivity contribution in [2.75, 3.05) is 13.1 Å². The summed E-state index contributed by atoms with van der Waals surface area (Å²) in [5.74, 6) is -1.96. The quantitative estimate of drug-likeness (QED) is 0.814. The average Bonchev–Trinajstić information content (AvgIpc) is 2.27. The first-order valence-electron chi connectivity index (χ1n) is 5.04. The summed E-state index contributed by atoms with van der Waals surface area (Å²) >= 11 is 0. The second-order valence-corrected chi connectivity index (χ2v) is 3.76. The largest absolute Gasteiger partial charge is 0.345 e. The zero-order valence-electron chi connectivity index (χ0n) is 8.87. The van der Waals surface area contributed by atoms with Crippen molar-refractivity contribution < 1.29 is 18.4 Å². The number of piperazine rings is 1. The van der Waals surface area contributed by atoms with Crippen molar-refractivity contribution in [3.05, 3.63) is 35.4 Å². The summed E-state index contributed by atoms with van der Waals surface area (Å²) in [4.78, 5) is 23.8. The monoisotopic (exact) mass is 240 g/mol. The molecule has 17 heavy (non-hydrogen) atoms. The Labute approximate surface area is 96.2 Å². The summed E-state index contributed by atoms with van der Waals surface area (Å²) < 4.78 is 26.0. The van der Waals surface area contributed by atoms with Crippen LogP contribution in [0, 0.1) is 11.6 Å². The van der Waals surface area contributed by atoms with Gasteiger partial charge in [0.25, 0.3) is 0 Å². The summed E-state index contributed by atoms with van der Waals surface area (Å²) in [7, 11) is 0. The Balaban J connectivity index is 2.14. The highest BCUT2D eigenvalue weighted by molar-refractivity contribution is 5.92. The normalized spacial score (nSPS) is 16.0. The standard InChI is InChI=1S/C11H10F2N2O2/c12-8-2-1-7(9(13)3-8)5-15-6-10(16)14-4-11(15)17/h1-3H,4-6H2,(H,14,16). The van der Waals surface area contributed by atoms with Crippen LogP contribution in [-0.4, -0.2) is 29.8 Å². The maximum Gasteiger partial charge on any atom is 0.242 e. The molecule has 1 aliphatic rings. The van der Waals surface area contributed by atoms with E-state index in [1.807, 2.05) is 0 Å². The molecule has 1 heterocycles. The van der Waals surface area contributed by atoms with Gasteiger partial charge in [0.1, 0.15) is 11.6 Å². The summed E-state index contributed by atoms with van der Waals surface area (Å²) in [6.07, 6.45) is 0. The smallest absolute Gasteiger partial charge is 0.242 e. The summed E-state index contributed by atoms with van der Waals surface area (Å²) in [5, 5.41) is 2.39. The number of carbonyl (C=O) groups excluding carboxylic acids is 2. The fraction of sp³-hybridized carbons (Fsp3) is 0.273. The summed E-state index contributed by atoms with van der Waals surface area (Å²) in [6, 6.07) is 3.14. The van der Waals surface area contributed by atoms with E-state index in [2.05, 4.69) is 5.32 Å². The lowest BCUT2D eigenvalue weighted by molar-refractivity contribution is -0.141. The van der Waals surface area contributed by atoms with Crippen LogP contribution >= 0.6 is 0 Å². The number of nitrogens with one attached hydrogen (secondary N) is 1. The van der Waals surface area contributed by atoms with Crippen LogP contribution in [0.15, 0.2) is 18.2 Å². The van der Waals surface area contributed by atoms with Crippen molar-refractivity contribution in [3.63, 3.8) is 0 Å². The SMILES string of the molecule is O=C1CN(Cc2ccc(F)cc2F)C(=O)CN1. The van der Waals surface area contributed by atoms with Crippen molar-refractivity contribution in [3.8, 4) is 0 Å². The van der Waals surface area contributed by atoms with Crippen molar-refractivity contribution >= 4 is 11.8 Å². The molecule has 90 valence electrons. The minimum absolute atomic E-state index is 0.0294. The zero-order chi connectivity index (χ0) is 12.4. The molecule has 0 saturated carbocycles. The van der Waals surface area contributed by atoms with Crippen LogP contribution in [0.2, 0.25) is 0 Å². The molecule has 2 rings (SSSR count). The van der Waals surface area contributed by atoms with Gasteiger partial charge in [0.2, 0.25) is 11.8 Å².